The Bertz CT molecular complexity index is 1110. The number of benzene rings is 1. The number of nitrogens with zero attached hydrogens (tertiary/aromatic N) is 3. The number of hydrogen-bond acceptors (Lipinski definition) is 3. The summed E-state index contributed by atoms with van der Waals surface area (Å²) in [6, 6.07) is 16.7. The van der Waals surface area contributed by atoms with Crippen LogP contribution in [0.15, 0.2) is 54.7 Å². The molecule has 5 rings (SSSR count). The fourth-order valence-electron chi connectivity index (χ4n) is 5.33. The zero-order valence-electron chi connectivity index (χ0n) is 18.9. The van der Waals surface area contributed by atoms with E-state index in [4.69, 9.17) is 21.9 Å². The minimum Gasteiger partial charge on any atom is -0.376 e. The van der Waals surface area contributed by atoms with Crippen LogP contribution in [-0.2, 0) is 4.74 Å². The summed E-state index contributed by atoms with van der Waals surface area (Å²) >= 11 is 5.87. The van der Waals surface area contributed by atoms with Gasteiger partial charge in [0.1, 0.15) is 0 Å². The summed E-state index contributed by atoms with van der Waals surface area (Å²) in [6.07, 6.45) is 4.29. The highest BCUT2D eigenvalue weighted by atomic mass is 32.1. The molecule has 2 aliphatic rings. The van der Waals surface area contributed by atoms with Gasteiger partial charge in [0.25, 0.3) is 0 Å². The van der Waals surface area contributed by atoms with Gasteiger partial charge in [-0.3, -0.25) is 4.98 Å². The van der Waals surface area contributed by atoms with Crippen LogP contribution in [0, 0.1) is 20.8 Å². The van der Waals surface area contributed by atoms with Crippen molar-refractivity contribution in [2.24, 2.45) is 0 Å². The molecule has 1 aromatic carbocycles. The Morgan fingerprint density at radius 3 is 2.53 bits per heavy atom. The molecule has 0 saturated carbocycles. The number of hydrogen-bond donors (Lipinski definition) is 1. The van der Waals surface area contributed by atoms with Gasteiger partial charge in [-0.25, -0.2) is 0 Å². The maximum atomic E-state index is 6.00. The molecular formula is C26H30N4OS. The highest BCUT2D eigenvalue weighted by molar-refractivity contribution is 7.80. The molecule has 0 bridgehead atoms. The van der Waals surface area contributed by atoms with Gasteiger partial charge in [-0.2, -0.15) is 0 Å². The molecule has 166 valence electrons. The molecule has 2 aromatic heterocycles. The predicted molar refractivity (Wildman–Crippen MR) is 131 cm³/mol. The third-order valence-corrected chi connectivity index (χ3v) is 7.29. The van der Waals surface area contributed by atoms with Crippen LogP contribution < -0.4 is 5.32 Å². The molecule has 0 aliphatic carbocycles. The highest BCUT2D eigenvalue weighted by Crippen LogP contribution is 2.43. The maximum Gasteiger partial charge on any atom is 0.170 e. The second kappa shape index (κ2) is 8.68. The Morgan fingerprint density at radius 2 is 1.84 bits per heavy atom. The van der Waals surface area contributed by atoms with Gasteiger partial charge in [0.05, 0.1) is 23.9 Å². The van der Waals surface area contributed by atoms with Crippen LogP contribution in [0.3, 0.4) is 0 Å². The average molecular weight is 447 g/mol. The van der Waals surface area contributed by atoms with Crippen molar-refractivity contribution in [2.75, 3.05) is 13.2 Å². The second-order valence-corrected chi connectivity index (χ2v) is 9.18. The number of thiocarbonyl (C=S) groups is 1. The Labute approximate surface area is 195 Å². The lowest BCUT2D eigenvalue weighted by molar-refractivity contribution is 0.0841. The first-order chi connectivity index (χ1) is 15.6. The predicted octanol–water partition coefficient (Wildman–Crippen LogP) is 4.95. The fourth-order valence-corrected chi connectivity index (χ4v) is 5.64. The van der Waals surface area contributed by atoms with E-state index in [-0.39, 0.29) is 18.2 Å². The number of aromatic nitrogens is 2. The van der Waals surface area contributed by atoms with Crippen LogP contribution >= 0.6 is 12.2 Å². The molecule has 2 saturated heterocycles. The topological polar surface area (TPSA) is 42.3 Å². The lowest BCUT2D eigenvalue weighted by Gasteiger charge is -2.30. The Balaban J connectivity index is 1.63. The highest BCUT2D eigenvalue weighted by Gasteiger charge is 2.43. The van der Waals surface area contributed by atoms with Gasteiger partial charge >= 0.3 is 0 Å². The molecule has 5 nitrogen and oxygen atoms in total. The van der Waals surface area contributed by atoms with E-state index in [1.807, 2.05) is 18.3 Å². The smallest absolute Gasteiger partial charge is 0.170 e. The Morgan fingerprint density at radius 1 is 1.06 bits per heavy atom. The number of rotatable bonds is 5. The maximum absolute atomic E-state index is 6.00. The molecule has 2 fully saturated rings. The number of para-hydroxylation sites is 1. The summed E-state index contributed by atoms with van der Waals surface area (Å²) in [6.45, 7) is 8.31. The molecule has 32 heavy (non-hydrogen) atoms. The van der Waals surface area contributed by atoms with Crippen molar-refractivity contribution in [1.29, 1.82) is 0 Å². The molecule has 1 N–H and O–H groups in total. The molecular weight excluding hydrogens is 416 g/mol. The number of ether oxygens (including phenoxy) is 1. The summed E-state index contributed by atoms with van der Waals surface area (Å²) in [4.78, 5) is 7.04. The Kier molecular flexibility index (Phi) is 5.74. The molecule has 2 aliphatic heterocycles. The van der Waals surface area contributed by atoms with Crippen molar-refractivity contribution in [3.05, 3.63) is 82.9 Å². The minimum absolute atomic E-state index is 0.00599. The van der Waals surface area contributed by atoms with Crippen LogP contribution in [0.4, 0.5) is 0 Å². The largest absolute Gasteiger partial charge is 0.376 e. The lowest BCUT2D eigenvalue weighted by atomic mass is 9.93. The van der Waals surface area contributed by atoms with E-state index in [0.29, 0.717) is 0 Å². The number of pyridine rings is 1. The summed E-state index contributed by atoms with van der Waals surface area (Å²) in [5.41, 5.74) is 7.34. The molecule has 4 heterocycles. The van der Waals surface area contributed by atoms with E-state index in [9.17, 15) is 0 Å². The molecule has 0 radical (unpaired) electrons. The van der Waals surface area contributed by atoms with Gasteiger partial charge in [0, 0.05) is 42.0 Å². The summed E-state index contributed by atoms with van der Waals surface area (Å²) in [5.74, 6) is 0. The lowest BCUT2D eigenvalue weighted by Crippen LogP contribution is -2.36. The average Bonchev–Trinajstić information content (AvgIpc) is 3.49. The normalized spacial score (nSPS) is 23.0. The molecule has 0 unspecified atom stereocenters. The SMILES string of the molecule is Cc1c([C@@H]2[C@@H](c3ccccn3)NC(=S)N2C[C@H]2CCCO2)c(C)n(-c2ccccc2)c1C. The van der Waals surface area contributed by atoms with Crippen LogP contribution in [-0.4, -0.2) is 38.8 Å². The van der Waals surface area contributed by atoms with Crippen molar-refractivity contribution in [2.45, 2.75) is 51.8 Å². The minimum atomic E-state index is -0.00599. The van der Waals surface area contributed by atoms with Gasteiger partial charge in [-0.05, 0) is 75.7 Å². The van der Waals surface area contributed by atoms with E-state index in [0.717, 1.165) is 36.8 Å². The summed E-state index contributed by atoms with van der Waals surface area (Å²) in [7, 11) is 0. The van der Waals surface area contributed by atoms with E-state index in [1.165, 1.54) is 28.2 Å². The van der Waals surface area contributed by atoms with Gasteiger partial charge < -0.3 is 19.5 Å². The third kappa shape index (κ3) is 3.61. The summed E-state index contributed by atoms with van der Waals surface area (Å²) < 4.78 is 8.36. The molecule has 0 spiro atoms. The van der Waals surface area contributed by atoms with Crippen LogP contribution in [0.5, 0.6) is 0 Å². The van der Waals surface area contributed by atoms with Crippen LogP contribution in [0.2, 0.25) is 0 Å². The zero-order valence-corrected chi connectivity index (χ0v) is 19.7. The van der Waals surface area contributed by atoms with E-state index in [1.54, 1.807) is 0 Å². The molecule has 3 atom stereocenters. The van der Waals surface area contributed by atoms with Crippen molar-refractivity contribution in [3.8, 4) is 5.69 Å². The van der Waals surface area contributed by atoms with Crippen LogP contribution in [0.1, 0.15) is 53.1 Å². The first-order valence-electron chi connectivity index (χ1n) is 11.4. The molecule has 6 heteroatoms. The fraction of sp³-hybridized carbons (Fsp3) is 0.385. The van der Waals surface area contributed by atoms with Gasteiger partial charge in [0.15, 0.2) is 5.11 Å². The quantitative estimate of drug-likeness (QED) is 0.562. The Hall–Kier alpha value is -2.70. The van der Waals surface area contributed by atoms with Crippen LogP contribution in [0.25, 0.3) is 5.69 Å². The zero-order chi connectivity index (χ0) is 22.2. The van der Waals surface area contributed by atoms with Crippen molar-refractivity contribution < 1.29 is 4.74 Å². The van der Waals surface area contributed by atoms with Gasteiger partial charge in [-0.1, -0.05) is 24.3 Å². The van der Waals surface area contributed by atoms with Crippen molar-refractivity contribution in [3.63, 3.8) is 0 Å². The van der Waals surface area contributed by atoms with E-state index >= 15 is 0 Å². The summed E-state index contributed by atoms with van der Waals surface area (Å²) in [5, 5.41) is 4.38. The molecule has 3 aromatic rings. The second-order valence-electron chi connectivity index (χ2n) is 8.79. The van der Waals surface area contributed by atoms with Crippen molar-refractivity contribution in [1.82, 2.24) is 19.8 Å². The third-order valence-electron chi connectivity index (χ3n) is 6.94. The monoisotopic (exact) mass is 446 g/mol. The van der Waals surface area contributed by atoms with E-state index < -0.39 is 0 Å². The molecule has 0 amide bonds. The van der Waals surface area contributed by atoms with Gasteiger partial charge in [-0.15, -0.1) is 0 Å². The first kappa shape index (κ1) is 21.2. The van der Waals surface area contributed by atoms with E-state index in [2.05, 4.69) is 72.0 Å². The number of nitrogens with one attached hydrogen (secondary N) is 1. The van der Waals surface area contributed by atoms with Gasteiger partial charge in [0.2, 0.25) is 0 Å². The van der Waals surface area contributed by atoms with Crippen molar-refractivity contribution >= 4 is 17.3 Å². The standard InChI is InChI=1S/C26H30N4OS/c1-17-18(2)30(20-10-5-4-6-11-20)19(3)23(17)25-24(22-13-7-8-14-27-22)28-26(32)29(25)16-21-12-9-15-31-21/h4-8,10-11,13-14,21,24-25H,9,12,15-16H2,1-3H3,(H,28,32)/t21-,24-,25-/m1/s1. The first-order valence-corrected chi connectivity index (χ1v) is 11.8.